The van der Waals surface area contributed by atoms with Crippen molar-refractivity contribution in [3.63, 3.8) is 0 Å². The number of ketones is 1. The zero-order valence-electron chi connectivity index (χ0n) is 15.8. The first-order chi connectivity index (χ1) is 12.9. The number of nitrogens with zero attached hydrogens (tertiary/aromatic N) is 1. The van der Waals surface area contributed by atoms with Crippen LogP contribution in [0.2, 0.25) is 0 Å². The summed E-state index contributed by atoms with van der Waals surface area (Å²) < 4.78 is 10.7. The minimum atomic E-state index is -0.638. The van der Waals surface area contributed by atoms with Crippen LogP contribution in [-0.2, 0) is 4.79 Å². The van der Waals surface area contributed by atoms with E-state index in [1.807, 2.05) is 0 Å². The lowest BCUT2D eigenvalue weighted by Crippen LogP contribution is -2.24. The van der Waals surface area contributed by atoms with Gasteiger partial charge in [0.2, 0.25) is 5.91 Å². The Morgan fingerprint density at radius 1 is 1.19 bits per heavy atom. The first-order valence-corrected chi connectivity index (χ1v) is 8.87. The fourth-order valence-corrected chi connectivity index (χ4v) is 2.43. The number of ether oxygens (including phenoxy) is 2. The highest BCUT2D eigenvalue weighted by atomic mass is 16.6. The number of carbonyl (C=O) groups excluding carboxylic acids is 2. The zero-order chi connectivity index (χ0) is 20.2. The van der Waals surface area contributed by atoms with Crippen LogP contribution in [0.4, 0.5) is 5.69 Å². The summed E-state index contributed by atoms with van der Waals surface area (Å²) in [7, 11) is 1.38. The Bertz CT molecular complexity index is 663. The fraction of sp³-hybridized carbons (Fsp3) is 0.556. The number of amides is 1. The lowest BCUT2D eigenvalue weighted by atomic mass is 10.1. The zero-order valence-corrected chi connectivity index (χ0v) is 15.8. The van der Waals surface area contributed by atoms with Crippen LogP contribution >= 0.6 is 0 Å². The molecule has 1 amide bonds. The number of unbranched alkanes of at least 4 members (excludes halogenated alkanes) is 2. The maximum absolute atomic E-state index is 11.7. The van der Waals surface area contributed by atoms with Crippen molar-refractivity contribution in [1.82, 2.24) is 5.32 Å². The summed E-state index contributed by atoms with van der Waals surface area (Å²) in [5.74, 6) is -0.113. The maximum Gasteiger partial charge on any atom is 0.284 e. The van der Waals surface area contributed by atoms with E-state index in [0.29, 0.717) is 19.5 Å². The van der Waals surface area contributed by atoms with Crippen LogP contribution in [0, 0.1) is 10.1 Å². The number of nitro benzene ring substituents is 1. The van der Waals surface area contributed by atoms with Crippen molar-refractivity contribution in [2.75, 3.05) is 26.8 Å². The van der Waals surface area contributed by atoms with Crippen LogP contribution in [0.5, 0.6) is 11.5 Å². The second-order valence-corrected chi connectivity index (χ2v) is 5.98. The largest absolute Gasteiger partial charge is 0.493 e. The summed E-state index contributed by atoms with van der Waals surface area (Å²) in [5, 5.41) is 14.0. The molecule has 0 aliphatic rings. The number of nitrogens with two attached hydrogens (primary N) is 1. The van der Waals surface area contributed by atoms with E-state index in [2.05, 4.69) is 5.32 Å². The Hall–Kier alpha value is -2.68. The predicted molar refractivity (Wildman–Crippen MR) is 100 cm³/mol. The van der Waals surface area contributed by atoms with Gasteiger partial charge in [0.25, 0.3) is 5.69 Å². The van der Waals surface area contributed by atoms with Crippen molar-refractivity contribution in [3.05, 3.63) is 27.8 Å². The molecule has 0 radical (unpaired) electrons. The van der Waals surface area contributed by atoms with E-state index < -0.39 is 10.7 Å². The fourth-order valence-electron chi connectivity index (χ4n) is 2.43. The Morgan fingerprint density at radius 2 is 1.93 bits per heavy atom. The van der Waals surface area contributed by atoms with Gasteiger partial charge in [0.15, 0.2) is 17.3 Å². The molecule has 3 N–H and O–H groups in total. The number of hydrogen-bond acceptors (Lipinski definition) is 7. The van der Waals surface area contributed by atoms with Crippen molar-refractivity contribution in [2.24, 2.45) is 5.73 Å². The molecule has 150 valence electrons. The van der Waals surface area contributed by atoms with Gasteiger partial charge in [-0.05, 0) is 32.7 Å². The van der Waals surface area contributed by atoms with Gasteiger partial charge >= 0.3 is 0 Å². The second kappa shape index (κ2) is 11.8. The molecule has 9 nitrogen and oxygen atoms in total. The van der Waals surface area contributed by atoms with Gasteiger partial charge in [0.1, 0.15) is 0 Å². The number of rotatable bonds is 13. The van der Waals surface area contributed by atoms with Gasteiger partial charge in [-0.2, -0.15) is 0 Å². The van der Waals surface area contributed by atoms with Crippen molar-refractivity contribution >= 4 is 17.4 Å². The minimum Gasteiger partial charge on any atom is -0.493 e. The van der Waals surface area contributed by atoms with E-state index in [0.717, 1.165) is 19.3 Å². The third-order valence-electron chi connectivity index (χ3n) is 3.87. The van der Waals surface area contributed by atoms with Gasteiger partial charge in [-0.15, -0.1) is 0 Å². The molecule has 0 spiro atoms. The van der Waals surface area contributed by atoms with E-state index in [1.54, 1.807) is 0 Å². The summed E-state index contributed by atoms with van der Waals surface area (Å²) in [4.78, 5) is 33.8. The number of hydrogen-bond donors (Lipinski definition) is 2. The molecule has 9 heteroatoms. The lowest BCUT2D eigenvalue weighted by Gasteiger charge is -2.12. The number of carbonyl (C=O) groups is 2. The molecule has 0 atom stereocenters. The smallest absolute Gasteiger partial charge is 0.284 e. The van der Waals surface area contributed by atoms with Crippen molar-refractivity contribution in [3.8, 4) is 11.5 Å². The highest BCUT2D eigenvalue weighted by Crippen LogP contribution is 2.35. The SMILES string of the molecule is COc1cc(C(C)=O)c([N+](=O)[O-])cc1OCCCC(=O)NCCCCCN. The van der Waals surface area contributed by atoms with E-state index in [9.17, 15) is 19.7 Å². The second-order valence-electron chi connectivity index (χ2n) is 5.98. The normalized spacial score (nSPS) is 10.3. The predicted octanol–water partition coefficient (Wildman–Crippen LogP) is 2.21. The standard InChI is InChI=1S/C18H27N3O6/c1-13(22)14-11-16(26-2)17(12-15(14)21(24)25)27-10-6-7-18(23)20-9-5-3-4-8-19/h11-12H,3-10,19H2,1-2H3,(H,20,23). The number of nitrogens with one attached hydrogen (secondary N) is 1. The van der Waals surface area contributed by atoms with Gasteiger partial charge in [-0.3, -0.25) is 19.7 Å². The molecule has 0 heterocycles. The van der Waals surface area contributed by atoms with Crippen LogP contribution in [0.25, 0.3) is 0 Å². The Morgan fingerprint density at radius 3 is 2.52 bits per heavy atom. The number of benzene rings is 1. The summed E-state index contributed by atoms with van der Waals surface area (Å²) in [6.07, 6.45) is 3.55. The molecule has 1 aromatic rings. The molecule has 0 bridgehead atoms. The van der Waals surface area contributed by atoms with Gasteiger partial charge in [-0.25, -0.2) is 0 Å². The quantitative estimate of drug-likeness (QED) is 0.231. The van der Waals surface area contributed by atoms with Crippen LogP contribution in [0.3, 0.4) is 0 Å². The van der Waals surface area contributed by atoms with Crippen molar-refractivity contribution in [2.45, 2.75) is 39.0 Å². The minimum absolute atomic E-state index is 0.0433. The van der Waals surface area contributed by atoms with E-state index in [1.165, 1.54) is 26.2 Å². The highest BCUT2D eigenvalue weighted by molar-refractivity contribution is 5.98. The first-order valence-electron chi connectivity index (χ1n) is 8.87. The number of nitro groups is 1. The molecule has 0 saturated heterocycles. The molecule has 0 aliphatic heterocycles. The van der Waals surface area contributed by atoms with Crippen LogP contribution in [0.15, 0.2) is 12.1 Å². The van der Waals surface area contributed by atoms with Gasteiger partial charge in [0.05, 0.1) is 30.3 Å². The monoisotopic (exact) mass is 381 g/mol. The molecule has 1 rings (SSSR count). The van der Waals surface area contributed by atoms with Gasteiger partial charge in [0, 0.05) is 19.0 Å². The summed E-state index contributed by atoms with van der Waals surface area (Å²) in [5.41, 5.74) is 5.02. The molecule has 1 aromatic carbocycles. The number of methoxy groups -OCH3 is 1. The Balaban J connectivity index is 2.54. The Kier molecular flexibility index (Phi) is 9.81. The summed E-state index contributed by atoms with van der Waals surface area (Å²) in [6.45, 7) is 2.71. The average Bonchev–Trinajstić information content (AvgIpc) is 2.64. The van der Waals surface area contributed by atoms with Crippen LogP contribution in [0.1, 0.15) is 49.4 Å². The maximum atomic E-state index is 11.7. The molecule has 27 heavy (non-hydrogen) atoms. The lowest BCUT2D eigenvalue weighted by molar-refractivity contribution is -0.385. The molecular formula is C18H27N3O6. The van der Waals surface area contributed by atoms with E-state index >= 15 is 0 Å². The molecule has 0 fully saturated rings. The summed E-state index contributed by atoms with van der Waals surface area (Å²) >= 11 is 0. The van der Waals surface area contributed by atoms with E-state index in [-0.39, 0.29) is 41.7 Å². The third kappa shape index (κ3) is 7.61. The van der Waals surface area contributed by atoms with E-state index in [4.69, 9.17) is 15.2 Å². The van der Waals surface area contributed by atoms with Crippen LogP contribution in [-0.4, -0.2) is 43.4 Å². The van der Waals surface area contributed by atoms with Gasteiger partial charge < -0.3 is 20.5 Å². The van der Waals surface area contributed by atoms with Crippen molar-refractivity contribution in [1.29, 1.82) is 0 Å². The number of Topliss-reactive ketones (excluding diaryl/α,β-unsaturated/α-hetero) is 1. The third-order valence-corrected chi connectivity index (χ3v) is 3.87. The van der Waals surface area contributed by atoms with Crippen molar-refractivity contribution < 1.29 is 24.0 Å². The van der Waals surface area contributed by atoms with Crippen LogP contribution < -0.4 is 20.5 Å². The molecule has 0 unspecified atom stereocenters. The molecule has 0 aliphatic carbocycles. The highest BCUT2D eigenvalue weighted by Gasteiger charge is 2.22. The first kappa shape index (κ1) is 22.4. The topological polar surface area (TPSA) is 134 Å². The molecule has 0 saturated carbocycles. The molecular weight excluding hydrogens is 354 g/mol. The Labute approximate surface area is 158 Å². The molecule has 0 aromatic heterocycles. The average molecular weight is 381 g/mol. The summed E-state index contributed by atoms with van der Waals surface area (Å²) in [6, 6.07) is 2.47. The van der Waals surface area contributed by atoms with Gasteiger partial charge in [-0.1, -0.05) is 6.42 Å².